The predicted molar refractivity (Wildman–Crippen MR) is 108 cm³/mol. The molecule has 0 unspecified atom stereocenters. The van der Waals surface area contributed by atoms with Gasteiger partial charge in [-0.1, -0.05) is 0 Å². The summed E-state index contributed by atoms with van der Waals surface area (Å²) in [5.41, 5.74) is 0.478. The molecule has 0 radical (unpaired) electrons. The zero-order chi connectivity index (χ0) is 22.1. The van der Waals surface area contributed by atoms with Crippen molar-refractivity contribution in [1.82, 2.24) is 10.6 Å². The Labute approximate surface area is 173 Å². The van der Waals surface area contributed by atoms with Crippen LogP contribution in [0.4, 0.5) is 20.6 Å². The van der Waals surface area contributed by atoms with Gasteiger partial charge in [0.15, 0.2) is 0 Å². The van der Waals surface area contributed by atoms with Crippen LogP contribution in [0, 0.1) is 11.2 Å². The van der Waals surface area contributed by atoms with Gasteiger partial charge in [0.1, 0.15) is 11.9 Å². The first-order chi connectivity index (χ1) is 14.3. The van der Waals surface area contributed by atoms with Gasteiger partial charge in [0.25, 0.3) is 0 Å². The summed E-state index contributed by atoms with van der Waals surface area (Å²) in [5.74, 6) is -1.23. The molecule has 2 rings (SSSR count). The minimum Gasteiger partial charge on any atom is -0.465 e. The molecule has 1 saturated heterocycles. The number of hydrogen-bond donors (Lipinski definition) is 3. The Morgan fingerprint density at radius 1 is 1.47 bits per heavy atom. The number of nitrogens with zero attached hydrogens (tertiary/aromatic N) is 2. The minimum atomic E-state index is -0.621. The largest absolute Gasteiger partial charge is 0.465 e. The SMILES string of the molecule is CCOC(=O)CNCCN(C=N)c1ccc(N2C[C@H](CNC(C)=O)OC2=O)cc1F. The fourth-order valence-electron chi connectivity index (χ4n) is 2.85. The lowest BCUT2D eigenvalue weighted by atomic mass is 10.2. The summed E-state index contributed by atoms with van der Waals surface area (Å²) in [6.07, 6.45) is -0.158. The number of rotatable bonds is 11. The molecule has 0 aliphatic carbocycles. The van der Waals surface area contributed by atoms with E-state index >= 15 is 0 Å². The molecule has 1 aliphatic rings. The van der Waals surface area contributed by atoms with Gasteiger partial charge in [-0.2, -0.15) is 0 Å². The number of carbonyl (C=O) groups excluding carboxylic acids is 3. The summed E-state index contributed by atoms with van der Waals surface area (Å²) in [6.45, 7) is 4.35. The quantitative estimate of drug-likeness (QED) is 0.209. The summed E-state index contributed by atoms with van der Waals surface area (Å²) in [4.78, 5) is 37.0. The molecular weight excluding hydrogens is 397 g/mol. The van der Waals surface area contributed by atoms with Crippen molar-refractivity contribution in [2.24, 2.45) is 0 Å². The number of ether oxygens (including phenoxy) is 2. The third kappa shape index (κ3) is 6.41. The molecule has 3 N–H and O–H groups in total. The van der Waals surface area contributed by atoms with Crippen LogP contribution >= 0.6 is 0 Å². The van der Waals surface area contributed by atoms with E-state index in [1.54, 1.807) is 13.0 Å². The third-order valence-electron chi connectivity index (χ3n) is 4.27. The van der Waals surface area contributed by atoms with Crippen LogP contribution < -0.4 is 20.4 Å². The van der Waals surface area contributed by atoms with Crippen molar-refractivity contribution in [3.05, 3.63) is 24.0 Å². The number of cyclic esters (lactones) is 1. The molecule has 1 aromatic carbocycles. The van der Waals surface area contributed by atoms with Gasteiger partial charge in [-0.3, -0.25) is 19.9 Å². The molecule has 1 atom stereocenters. The number of hydrogen-bond acceptors (Lipinski definition) is 7. The lowest BCUT2D eigenvalue weighted by molar-refractivity contribution is -0.142. The Morgan fingerprint density at radius 3 is 2.87 bits per heavy atom. The van der Waals surface area contributed by atoms with Crippen LogP contribution in [-0.4, -0.2) is 69.7 Å². The van der Waals surface area contributed by atoms with Gasteiger partial charge in [-0.15, -0.1) is 0 Å². The molecule has 30 heavy (non-hydrogen) atoms. The average Bonchev–Trinajstić information content (AvgIpc) is 3.08. The van der Waals surface area contributed by atoms with Crippen LogP contribution in [0.15, 0.2) is 18.2 Å². The number of carbonyl (C=O) groups is 3. The van der Waals surface area contributed by atoms with E-state index in [4.69, 9.17) is 14.9 Å². The lowest BCUT2D eigenvalue weighted by Crippen LogP contribution is -2.34. The summed E-state index contributed by atoms with van der Waals surface area (Å²) in [7, 11) is 0. The molecule has 11 heteroatoms. The van der Waals surface area contributed by atoms with E-state index in [0.29, 0.717) is 18.8 Å². The molecule has 1 aromatic rings. The van der Waals surface area contributed by atoms with Gasteiger partial charge in [0, 0.05) is 20.0 Å². The summed E-state index contributed by atoms with van der Waals surface area (Å²) < 4.78 is 24.7. The summed E-state index contributed by atoms with van der Waals surface area (Å²) in [5, 5.41) is 13.0. The highest BCUT2D eigenvalue weighted by atomic mass is 19.1. The molecule has 2 amide bonds. The highest BCUT2D eigenvalue weighted by molar-refractivity contribution is 5.90. The maximum Gasteiger partial charge on any atom is 0.414 e. The van der Waals surface area contributed by atoms with E-state index < -0.39 is 18.0 Å². The highest BCUT2D eigenvalue weighted by Gasteiger charge is 2.32. The Morgan fingerprint density at radius 2 is 2.23 bits per heavy atom. The molecule has 1 heterocycles. The number of halogens is 1. The standard InChI is InChI=1S/C19H26FN5O5/c1-3-29-18(27)10-22-6-7-24(12-21)17-5-4-14(8-16(17)20)25-11-15(30-19(25)28)9-23-13(2)26/h4-5,8,12,15,21-22H,3,6-7,9-11H2,1-2H3,(H,23,26)/t15-/m0/s1. The van der Waals surface area contributed by atoms with E-state index in [9.17, 15) is 18.8 Å². The lowest BCUT2D eigenvalue weighted by Gasteiger charge is -2.21. The fraction of sp³-hybridized carbons (Fsp3) is 0.474. The molecule has 0 saturated carbocycles. The Kier molecular flexibility index (Phi) is 8.54. The molecule has 1 fully saturated rings. The van der Waals surface area contributed by atoms with Crippen LogP contribution in [0.3, 0.4) is 0 Å². The fourth-order valence-corrected chi connectivity index (χ4v) is 2.85. The number of benzene rings is 1. The first kappa shape index (κ1) is 23.1. The van der Waals surface area contributed by atoms with Gasteiger partial charge in [0.2, 0.25) is 5.91 Å². The van der Waals surface area contributed by atoms with Gasteiger partial charge >= 0.3 is 12.1 Å². The molecule has 0 aromatic heterocycles. The van der Waals surface area contributed by atoms with Gasteiger partial charge in [0.05, 0.1) is 44.0 Å². The highest BCUT2D eigenvalue weighted by Crippen LogP contribution is 2.27. The van der Waals surface area contributed by atoms with E-state index in [0.717, 1.165) is 6.34 Å². The maximum absolute atomic E-state index is 14.7. The van der Waals surface area contributed by atoms with Crippen LogP contribution in [0.25, 0.3) is 0 Å². The normalized spacial score (nSPS) is 15.5. The second-order valence-corrected chi connectivity index (χ2v) is 6.49. The van der Waals surface area contributed by atoms with Crippen LogP contribution in [0.2, 0.25) is 0 Å². The summed E-state index contributed by atoms with van der Waals surface area (Å²) in [6, 6.07) is 4.22. The molecule has 0 bridgehead atoms. The Bertz CT molecular complexity index is 791. The Balaban J connectivity index is 1.96. The molecular formula is C19H26FN5O5. The first-order valence-electron chi connectivity index (χ1n) is 9.51. The first-order valence-corrected chi connectivity index (χ1v) is 9.51. The predicted octanol–water partition coefficient (Wildman–Crippen LogP) is 0.853. The van der Waals surface area contributed by atoms with E-state index in [1.165, 1.54) is 28.9 Å². The third-order valence-corrected chi connectivity index (χ3v) is 4.27. The van der Waals surface area contributed by atoms with E-state index in [2.05, 4.69) is 10.6 Å². The second-order valence-electron chi connectivity index (χ2n) is 6.49. The van der Waals surface area contributed by atoms with Crippen LogP contribution in [-0.2, 0) is 19.1 Å². The van der Waals surface area contributed by atoms with Crippen LogP contribution in [0.5, 0.6) is 0 Å². The van der Waals surface area contributed by atoms with Crippen molar-refractivity contribution < 1.29 is 28.2 Å². The van der Waals surface area contributed by atoms with Crippen LogP contribution in [0.1, 0.15) is 13.8 Å². The Hall–Kier alpha value is -3.21. The number of esters is 1. The molecule has 1 aliphatic heterocycles. The van der Waals surface area contributed by atoms with Crippen molar-refractivity contribution in [3.8, 4) is 0 Å². The average molecular weight is 423 g/mol. The van der Waals surface area contributed by atoms with Gasteiger partial charge < -0.3 is 25.0 Å². The number of amides is 2. The monoisotopic (exact) mass is 423 g/mol. The smallest absolute Gasteiger partial charge is 0.414 e. The summed E-state index contributed by atoms with van der Waals surface area (Å²) >= 11 is 0. The number of anilines is 2. The zero-order valence-electron chi connectivity index (χ0n) is 16.9. The molecule has 0 spiro atoms. The zero-order valence-corrected chi connectivity index (χ0v) is 16.9. The topological polar surface area (TPSA) is 124 Å². The van der Waals surface area contributed by atoms with E-state index in [1.807, 2.05) is 0 Å². The van der Waals surface area contributed by atoms with Crippen molar-refractivity contribution in [3.63, 3.8) is 0 Å². The minimum absolute atomic E-state index is 0.0256. The number of nitrogens with one attached hydrogen (secondary N) is 3. The van der Waals surface area contributed by atoms with Gasteiger partial charge in [-0.05, 0) is 25.1 Å². The van der Waals surface area contributed by atoms with Crippen molar-refractivity contribution in [2.75, 3.05) is 49.1 Å². The molecule has 164 valence electrons. The molecule has 10 nitrogen and oxygen atoms in total. The second kappa shape index (κ2) is 11.1. The van der Waals surface area contributed by atoms with Crippen molar-refractivity contribution >= 4 is 35.7 Å². The van der Waals surface area contributed by atoms with Gasteiger partial charge in [-0.25, -0.2) is 9.18 Å². The maximum atomic E-state index is 14.7. The van der Waals surface area contributed by atoms with E-state index in [-0.39, 0.29) is 43.7 Å². The van der Waals surface area contributed by atoms with Crippen molar-refractivity contribution in [2.45, 2.75) is 20.0 Å². The van der Waals surface area contributed by atoms with Crippen molar-refractivity contribution in [1.29, 1.82) is 5.41 Å².